The smallest absolute Gasteiger partial charge is 0.410 e. The Labute approximate surface area is 211 Å². The van der Waals surface area contributed by atoms with E-state index < -0.39 is 17.7 Å². The summed E-state index contributed by atoms with van der Waals surface area (Å²) in [6.45, 7) is 12.7. The predicted molar refractivity (Wildman–Crippen MR) is 131 cm³/mol. The molecule has 2 aromatic rings. The molecule has 202 valence electrons. The summed E-state index contributed by atoms with van der Waals surface area (Å²) in [7, 11) is 0. The van der Waals surface area contributed by atoms with E-state index in [0.29, 0.717) is 26.0 Å². The van der Waals surface area contributed by atoms with Crippen LogP contribution in [0.15, 0.2) is 18.3 Å². The SMILES string of the molecule is Cc1cc(C2CN(C(=O)OC(C)(C)C)C(C(C)C)CO2)n2nccc2n1.FC(F)(F)C1CCCCC1. The van der Waals surface area contributed by atoms with Gasteiger partial charge in [-0.25, -0.2) is 14.3 Å². The van der Waals surface area contributed by atoms with Gasteiger partial charge < -0.3 is 9.47 Å². The minimum atomic E-state index is -3.93. The molecule has 2 unspecified atom stereocenters. The molecular formula is C26H39F3N4O3. The van der Waals surface area contributed by atoms with Crippen molar-refractivity contribution in [1.29, 1.82) is 0 Å². The number of ether oxygens (including phenoxy) is 2. The zero-order chi connectivity index (χ0) is 26.7. The second-order valence-electron chi connectivity index (χ2n) is 11.1. The van der Waals surface area contributed by atoms with Crippen molar-refractivity contribution in [2.24, 2.45) is 11.8 Å². The maximum Gasteiger partial charge on any atom is 0.410 e. The van der Waals surface area contributed by atoms with Gasteiger partial charge in [0.2, 0.25) is 0 Å². The van der Waals surface area contributed by atoms with E-state index in [9.17, 15) is 18.0 Å². The van der Waals surface area contributed by atoms with Crippen LogP contribution in [0, 0.1) is 18.8 Å². The number of amides is 1. The average Bonchev–Trinajstić information content (AvgIpc) is 3.26. The number of nitrogens with zero attached hydrogens (tertiary/aromatic N) is 4. The first-order valence-corrected chi connectivity index (χ1v) is 12.8. The lowest BCUT2D eigenvalue weighted by Crippen LogP contribution is -2.53. The molecule has 1 saturated heterocycles. The first kappa shape index (κ1) is 28.2. The summed E-state index contributed by atoms with van der Waals surface area (Å²) in [4.78, 5) is 19.1. The lowest BCUT2D eigenvalue weighted by molar-refractivity contribution is -0.181. The molecule has 1 aliphatic heterocycles. The Balaban J connectivity index is 0.000000303. The van der Waals surface area contributed by atoms with E-state index in [1.165, 1.54) is 0 Å². The summed E-state index contributed by atoms with van der Waals surface area (Å²) in [5.74, 6) is -0.728. The largest absolute Gasteiger partial charge is 0.444 e. The average molecular weight is 513 g/mol. The number of rotatable bonds is 2. The normalized spacial score (nSPS) is 21.9. The second-order valence-corrected chi connectivity index (χ2v) is 11.1. The van der Waals surface area contributed by atoms with Gasteiger partial charge in [0, 0.05) is 11.8 Å². The lowest BCUT2D eigenvalue weighted by atomic mass is 9.89. The molecule has 2 atom stereocenters. The minimum absolute atomic E-state index is 0.0165. The molecule has 0 aromatic carbocycles. The molecule has 0 spiro atoms. The molecule has 1 amide bonds. The fourth-order valence-corrected chi connectivity index (χ4v) is 4.66. The van der Waals surface area contributed by atoms with E-state index >= 15 is 0 Å². The van der Waals surface area contributed by atoms with Gasteiger partial charge in [-0.15, -0.1) is 0 Å². The Kier molecular flexibility index (Phi) is 8.90. The van der Waals surface area contributed by atoms with Gasteiger partial charge in [0.15, 0.2) is 5.65 Å². The minimum Gasteiger partial charge on any atom is -0.444 e. The molecule has 2 fully saturated rings. The number of alkyl halides is 3. The van der Waals surface area contributed by atoms with Gasteiger partial charge in [-0.2, -0.15) is 18.3 Å². The second kappa shape index (κ2) is 11.4. The third-order valence-corrected chi connectivity index (χ3v) is 6.54. The molecule has 4 rings (SSSR count). The van der Waals surface area contributed by atoms with Crippen LogP contribution in [0.25, 0.3) is 5.65 Å². The zero-order valence-corrected chi connectivity index (χ0v) is 22.1. The van der Waals surface area contributed by atoms with Crippen LogP contribution < -0.4 is 0 Å². The zero-order valence-electron chi connectivity index (χ0n) is 22.1. The van der Waals surface area contributed by atoms with E-state index in [1.807, 2.05) is 39.8 Å². The molecule has 0 N–H and O–H groups in total. The highest BCUT2D eigenvalue weighted by molar-refractivity contribution is 5.69. The first-order valence-electron chi connectivity index (χ1n) is 12.8. The van der Waals surface area contributed by atoms with Crippen molar-refractivity contribution in [3.63, 3.8) is 0 Å². The van der Waals surface area contributed by atoms with Crippen molar-refractivity contribution in [3.05, 3.63) is 29.7 Å². The number of hydrogen-bond acceptors (Lipinski definition) is 5. The van der Waals surface area contributed by atoms with E-state index in [4.69, 9.17) is 9.47 Å². The monoisotopic (exact) mass is 512 g/mol. The molecular weight excluding hydrogens is 473 g/mol. The summed E-state index contributed by atoms with van der Waals surface area (Å²) in [6, 6.07) is 3.81. The van der Waals surface area contributed by atoms with Crippen molar-refractivity contribution in [2.75, 3.05) is 13.2 Å². The van der Waals surface area contributed by atoms with E-state index in [-0.39, 0.29) is 24.2 Å². The molecule has 2 aliphatic rings. The van der Waals surface area contributed by atoms with Gasteiger partial charge in [-0.1, -0.05) is 33.1 Å². The first-order chi connectivity index (χ1) is 16.8. The molecule has 1 aliphatic carbocycles. The number of aryl methyl sites for hydroxylation is 1. The van der Waals surface area contributed by atoms with Crippen LogP contribution in [-0.4, -0.2) is 56.6 Å². The number of hydrogen-bond donors (Lipinski definition) is 0. The molecule has 3 heterocycles. The third-order valence-electron chi connectivity index (χ3n) is 6.54. The Hall–Kier alpha value is -2.36. The van der Waals surface area contributed by atoms with Crippen LogP contribution in [0.3, 0.4) is 0 Å². The van der Waals surface area contributed by atoms with Crippen LogP contribution in [0.5, 0.6) is 0 Å². The molecule has 1 saturated carbocycles. The highest BCUT2D eigenvalue weighted by Gasteiger charge is 2.40. The van der Waals surface area contributed by atoms with Crippen molar-refractivity contribution in [2.45, 2.75) is 97.6 Å². The predicted octanol–water partition coefficient (Wildman–Crippen LogP) is 6.50. The van der Waals surface area contributed by atoms with Gasteiger partial charge in [-0.3, -0.25) is 4.90 Å². The van der Waals surface area contributed by atoms with Gasteiger partial charge in [0.25, 0.3) is 0 Å². The molecule has 7 nitrogen and oxygen atoms in total. The summed E-state index contributed by atoms with van der Waals surface area (Å²) in [5, 5.41) is 4.36. The van der Waals surface area contributed by atoms with Crippen molar-refractivity contribution in [3.8, 4) is 0 Å². The Morgan fingerprint density at radius 2 is 1.83 bits per heavy atom. The van der Waals surface area contributed by atoms with Gasteiger partial charge in [0.1, 0.15) is 11.7 Å². The van der Waals surface area contributed by atoms with E-state index in [1.54, 1.807) is 15.6 Å². The summed E-state index contributed by atoms with van der Waals surface area (Å²) in [5.41, 5.74) is 2.03. The van der Waals surface area contributed by atoms with Crippen LogP contribution in [0.1, 0.15) is 84.2 Å². The molecule has 36 heavy (non-hydrogen) atoms. The van der Waals surface area contributed by atoms with E-state index in [2.05, 4.69) is 23.9 Å². The van der Waals surface area contributed by atoms with Crippen LogP contribution in [0.2, 0.25) is 0 Å². The van der Waals surface area contributed by atoms with Gasteiger partial charge in [-0.05, 0) is 52.5 Å². The highest BCUT2D eigenvalue weighted by Crippen LogP contribution is 2.37. The number of aromatic nitrogens is 3. The van der Waals surface area contributed by atoms with Crippen molar-refractivity contribution < 1.29 is 27.4 Å². The number of morpholine rings is 1. The Morgan fingerprint density at radius 1 is 1.17 bits per heavy atom. The van der Waals surface area contributed by atoms with E-state index in [0.717, 1.165) is 36.3 Å². The Morgan fingerprint density at radius 3 is 2.39 bits per heavy atom. The third kappa shape index (κ3) is 7.33. The highest BCUT2D eigenvalue weighted by atomic mass is 19.4. The van der Waals surface area contributed by atoms with Gasteiger partial charge in [0.05, 0.1) is 37.0 Å². The molecule has 0 bridgehead atoms. The number of fused-ring (bicyclic) bond motifs is 1. The maximum atomic E-state index is 12.8. The molecule has 10 heteroatoms. The van der Waals surface area contributed by atoms with Crippen LogP contribution in [0.4, 0.5) is 18.0 Å². The molecule has 0 radical (unpaired) electrons. The lowest BCUT2D eigenvalue weighted by Gasteiger charge is -2.41. The summed E-state index contributed by atoms with van der Waals surface area (Å²) >= 11 is 0. The maximum absolute atomic E-state index is 12.8. The number of carbonyl (C=O) groups excluding carboxylic acids is 1. The number of halogens is 3. The van der Waals surface area contributed by atoms with Gasteiger partial charge >= 0.3 is 12.3 Å². The van der Waals surface area contributed by atoms with Crippen molar-refractivity contribution >= 4 is 11.7 Å². The summed E-state index contributed by atoms with van der Waals surface area (Å²) < 4.78 is 49.4. The number of carbonyl (C=O) groups is 1. The summed E-state index contributed by atoms with van der Waals surface area (Å²) in [6.07, 6.45) is 0.402. The topological polar surface area (TPSA) is 69.0 Å². The molecule has 2 aromatic heterocycles. The quantitative estimate of drug-likeness (QED) is 0.459. The standard InChI is InChI=1S/C19H28N4O3.C7H11F3/c1-12(2)15-11-25-16(10-22(15)18(24)26-19(4,5)6)14-9-13(3)21-17-7-8-20-23(14)17;8-7(9,10)6-4-2-1-3-5-6/h7-9,12,15-16H,10-11H2,1-6H3;6H,1-5H2. The fourth-order valence-electron chi connectivity index (χ4n) is 4.66. The van der Waals surface area contributed by atoms with Crippen molar-refractivity contribution in [1.82, 2.24) is 19.5 Å². The Bertz CT molecular complexity index is 1010. The fraction of sp³-hybridized carbons (Fsp3) is 0.731. The van der Waals surface area contributed by atoms with Crippen LogP contribution >= 0.6 is 0 Å². The van der Waals surface area contributed by atoms with Crippen LogP contribution in [-0.2, 0) is 9.47 Å².